The minimum absolute atomic E-state index is 0.00305. The van der Waals surface area contributed by atoms with Gasteiger partial charge in [0.2, 0.25) is 0 Å². The van der Waals surface area contributed by atoms with Gasteiger partial charge < -0.3 is 0 Å². The Morgan fingerprint density at radius 1 is 1.10 bits per heavy atom. The molecule has 1 N–H and O–H groups in total. The van der Waals surface area contributed by atoms with Crippen molar-refractivity contribution in [2.45, 2.75) is 31.5 Å². The van der Waals surface area contributed by atoms with Gasteiger partial charge in [-0.1, -0.05) is 36.4 Å². The summed E-state index contributed by atoms with van der Waals surface area (Å²) in [6.45, 7) is 4.08. The van der Waals surface area contributed by atoms with Crippen LogP contribution >= 0.6 is 0 Å². The van der Waals surface area contributed by atoms with Crippen LogP contribution in [0.2, 0.25) is 0 Å². The minimum Gasteiger partial charge on any atom is -0.291 e. The summed E-state index contributed by atoms with van der Waals surface area (Å²) in [6, 6.07) is 13.5. The molecular weight excluding hydrogens is 286 g/mol. The average molecular weight is 303 g/mol. The third kappa shape index (κ3) is 3.00. The van der Waals surface area contributed by atoms with Crippen LogP contribution in [0, 0.1) is 6.92 Å². The van der Waals surface area contributed by atoms with E-state index >= 15 is 0 Å². The first-order valence-electron chi connectivity index (χ1n) is 6.79. The van der Waals surface area contributed by atoms with Crippen LogP contribution in [0.25, 0.3) is 0 Å². The molecule has 0 radical (unpaired) electrons. The van der Waals surface area contributed by atoms with Crippen molar-refractivity contribution in [1.82, 2.24) is 4.90 Å². The summed E-state index contributed by atoms with van der Waals surface area (Å²) in [5.74, 6) is 0. The molecule has 0 aliphatic carbocycles. The zero-order valence-electron chi connectivity index (χ0n) is 11.8. The number of benzene rings is 2. The van der Waals surface area contributed by atoms with Gasteiger partial charge in [-0.2, -0.15) is 8.42 Å². The molecule has 0 saturated carbocycles. The summed E-state index contributed by atoms with van der Waals surface area (Å²) in [6.07, 6.45) is 0. The highest BCUT2D eigenvalue weighted by Crippen LogP contribution is 2.25. The van der Waals surface area contributed by atoms with E-state index in [0.717, 1.165) is 18.7 Å². The molecule has 0 fully saturated rings. The summed E-state index contributed by atoms with van der Waals surface area (Å²) in [5, 5.41) is 0. The Labute approximate surface area is 124 Å². The highest BCUT2D eigenvalue weighted by atomic mass is 32.2. The van der Waals surface area contributed by atoms with Gasteiger partial charge in [-0.05, 0) is 35.2 Å². The maximum absolute atomic E-state index is 11.4. The number of hydrogen-bond acceptors (Lipinski definition) is 3. The fourth-order valence-electron chi connectivity index (χ4n) is 2.79. The first kappa shape index (κ1) is 14.3. The number of aryl methyl sites for hydroxylation is 1. The molecule has 110 valence electrons. The van der Waals surface area contributed by atoms with Crippen LogP contribution in [0.15, 0.2) is 47.4 Å². The monoisotopic (exact) mass is 303 g/mol. The second kappa shape index (κ2) is 5.26. The first-order valence-corrected chi connectivity index (χ1v) is 8.23. The Morgan fingerprint density at radius 2 is 1.71 bits per heavy atom. The van der Waals surface area contributed by atoms with Crippen LogP contribution < -0.4 is 0 Å². The van der Waals surface area contributed by atoms with Crippen molar-refractivity contribution in [3.63, 3.8) is 0 Å². The summed E-state index contributed by atoms with van der Waals surface area (Å²) in [5.41, 5.74) is 4.09. The molecule has 1 heterocycles. The fraction of sp³-hybridized carbons (Fsp3) is 0.250. The molecule has 21 heavy (non-hydrogen) atoms. The predicted octanol–water partition coefficient (Wildman–Crippen LogP) is 2.76. The molecule has 0 amide bonds. The number of fused-ring (bicyclic) bond motifs is 1. The van der Waals surface area contributed by atoms with E-state index in [1.807, 2.05) is 18.2 Å². The molecule has 5 heteroatoms. The summed E-state index contributed by atoms with van der Waals surface area (Å²) < 4.78 is 32.0. The highest BCUT2D eigenvalue weighted by molar-refractivity contribution is 7.85. The van der Waals surface area contributed by atoms with Gasteiger partial charge in [0, 0.05) is 19.6 Å². The Kier molecular flexibility index (Phi) is 3.57. The topological polar surface area (TPSA) is 57.6 Å². The largest absolute Gasteiger partial charge is 0.294 e. The molecular formula is C16H17NO3S. The molecule has 0 unspecified atom stereocenters. The van der Waals surface area contributed by atoms with E-state index in [4.69, 9.17) is 0 Å². The molecule has 2 aromatic carbocycles. The van der Waals surface area contributed by atoms with Crippen LogP contribution in [0.4, 0.5) is 0 Å². The van der Waals surface area contributed by atoms with Gasteiger partial charge in [0.15, 0.2) is 0 Å². The molecule has 2 aromatic rings. The number of hydrogen-bond donors (Lipinski definition) is 1. The highest BCUT2D eigenvalue weighted by Gasteiger charge is 2.19. The lowest BCUT2D eigenvalue weighted by atomic mass is 10.1. The average Bonchev–Trinajstić information content (AvgIpc) is 2.82. The van der Waals surface area contributed by atoms with Crippen molar-refractivity contribution < 1.29 is 13.0 Å². The van der Waals surface area contributed by atoms with Crippen LogP contribution in [0.1, 0.15) is 22.3 Å². The second-order valence-electron chi connectivity index (χ2n) is 5.49. The SMILES string of the molecule is Cc1ccc(CN2Cc3ccccc3C2)cc1S(=O)(=O)O. The van der Waals surface area contributed by atoms with Crippen molar-refractivity contribution in [2.75, 3.05) is 0 Å². The molecule has 0 bridgehead atoms. The van der Waals surface area contributed by atoms with Gasteiger partial charge in [-0.15, -0.1) is 0 Å². The number of rotatable bonds is 3. The summed E-state index contributed by atoms with van der Waals surface area (Å²) >= 11 is 0. The second-order valence-corrected chi connectivity index (χ2v) is 6.88. The zero-order chi connectivity index (χ0) is 15.0. The molecule has 0 atom stereocenters. The van der Waals surface area contributed by atoms with E-state index in [-0.39, 0.29) is 4.90 Å². The lowest BCUT2D eigenvalue weighted by molar-refractivity contribution is 0.275. The molecule has 0 aromatic heterocycles. The van der Waals surface area contributed by atoms with Crippen molar-refractivity contribution in [2.24, 2.45) is 0 Å². The Bertz CT molecular complexity index is 759. The molecule has 1 aliphatic rings. The molecule has 4 nitrogen and oxygen atoms in total. The van der Waals surface area contributed by atoms with E-state index in [2.05, 4.69) is 17.0 Å². The van der Waals surface area contributed by atoms with Crippen molar-refractivity contribution in [1.29, 1.82) is 0 Å². The lowest BCUT2D eigenvalue weighted by Crippen LogP contribution is -2.16. The van der Waals surface area contributed by atoms with Gasteiger partial charge >= 0.3 is 0 Å². The third-order valence-corrected chi connectivity index (χ3v) is 4.84. The fourth-order valence-corrected chi connectivity index (χ4v) is 3.57. The van der Waals surface area contributed by atoms with Gasteiger partial charge in [0.25, 0.3) is 10.1 Å². The maximum atomic E-state index is 11.4. The Hall–Kier alpha value is -1.69. The summed E-state index contributed by atoms with van der Waals surface area (Å²) in [7, 11) is -4.16. The van der Waals surface area contributed by atoms with Gasteiger partial charge in [-0.25, -0.2) is 0 Å². The van der Waals surface area contributed by atoms with Crippen LogP contribution in [-0.2, 0) is 29.8 Å². The van der Waals surface area contributed by atoms with Crippen LogP contribution in [0.5, 0.6) is 0 Å². The quantitative estimate of drug-likeness (QED) is 0.886. The van der Waals surface area contributed by atoms with E-state index in [1.165, 1.54) is 11.1 Å². The van der Waals surface area contributed by atoms with E-state index in [1.54, 1.807) is 19.1 Å². The van der Waals surface area contributed by atoms with E-state index < -0.39 is 10.1 Å². The van der Waals surface area contributed by atoms with Crippen molar-refractivity contribution in [3.05, 3.63) is 64.7 Å². The molecule has 0 spiro atoms. The first-order chi connectivity index (χ1) is 9.93. The standard InChI is InChI=1S/C16H17NO3S/c1-12-6-7-13(8-16(12)21(18,19)20)9-17-10-14-4-2-3-5-15(14)11-17/h2-8H,9-11H2,1H3,(H,18,19,20). The lowest BCUT2D eigenvalue weighted by Gasteiger charge is -2.15. The van der Waals surface area contributed by atoms with Gasteiger partial charge in [0.1, 0.15) is 0 Å². The normalized spacial score (nSPS) is 15.1. The van der Waals surface area contributed by atoms with E-state index in [0.29, 0.717) is 12.1 Å². The van der Waals surface area contributed by atoms with Crippen molar-refractivity contribution >= 4 is 10.1 Å². The molecule has 0 saturated heterocycles. The minimum atomic E-state index is -4.16. The van der Waals surface area contributed by atoms with Gasteiger partial charge in [-0.3, -0.25) is 9.45 Å². The molecule has 1 aliphatic heterocycles. The molecule has 3 rings (SSSR count). The Morgan fingerprint density at radius 3 is 2.29 bits per heavy atom. The van der Waals surface area contributed by atoms with Crippen molar-refractivity contribution in [3.8, 4) is 0 Å². The Balaban J connectivity index is 1.81. The smallest absolute Gasteiger partial charge is 0.291 e. The third-order valence-electron chi connectivity index (χ3n) is 3.84. The zero-order valence-corrected chi connectivity index (χ0v) is 12.6. The maximum Gasteiger partial charge on any atom is 0.294 e. The van der Waals surface area contributed by atoms with Crippen LogP contribution in [0.3, 0.4) is 0 Å². The van der Waals surface area contributed by atoms with Gasteiger partial charge in [0.05, 0.1) is 4.90 Å². The van der Waals surface area contributed by atoms with Crippen LogP contribution in [-0.4, -0.2) is 17.9 Å². The van der Waals surface area contributed by atoms with E-state index in [9.17, 15) is 13.0 Å². The summed E-state index contributed by atoms with van der Waals surface area (Å²) in [4.78, 5) is 2.25. The number of nitrogens with zero attached hydrogens (tertiary/aromatic N) is 1. The predicted molar refractivity (Wildman–Crippen MR) is 80.4 cm³/mol.